The Bertz CT molecular complexity index is 727. The minimum atomic E-state index is -0.517. The van der Waals surface area contributed by atoms with Crippen LogP contribution in [0.4, 0.5) is 4.39 Å². The molecule has 2 aromatic rings. The van der Waals surface area contributed by atoms with E-state index in [9.17, 15) is 14.3 Å². The van der Waals surface area contributed by atoms with E-state index in [0.29, 0.717) is 42.5 Å². The van der Waals surface area contributed by atoms with Crippen molar-refractivity contribution in [1.82, 2.24) is 15.5 Å². The summed E-state index contributed by atoms with van der Waals surface area (Å²) in [5.41, 5.74) is 0.162. The minimum Gasteiger partial charge on any atom is -0.394 e. The topological polar surface area (TPSA) is 88.2 Å². The molecule has 1 unspecified atom stereocenters. The van der Waals surface area contributed by atoms with Gasteiger partial charge >= 0.3 is 0 Å². The predicted octanol–water partition coefficient (Wildman–Crippen LogP) is 2.48. The Balaban J connectivity index is 1.47. The molecule has 1 aliphatic rings. The predicted molar refractivity (Wildman–Crippen MR) is 89.0 cm³/mol. The van der Waals surface area contributed by atoms with Crippen molar-refractivity contribution in [3.63, 3.8) is 0 Å². The molecule has 1 aromatic heterocycles. The molecule has 1 aliphatic carbocycles. The van der Waals surface area contributed by atoms with Gasteiger partial charge in [-0.1, -0.05) is 5.16 Å². The molecule has 1 amide bonds. The normalized spacial score (nSPS) is 16.4. The first-order valence-electron chi connectivity index (χ1n) is 8.50. The number of aromatic nitrogens is 2. The number of aliphatic hydroxyl groups excluding tert-OH is 1. The van der Waals surface area contributed by atoms with E-state index in [1.807, 2.05) is 6.92 Å². The quantitative estimate of drug-likeness (QED) is 0.766. The van der Waals surface area contributed by atoms with Gasteiger partial charge in [0.15, 0.2) is 0 Å². The van der Waals surface area contributed by atoms with E-state index < -0.39 is 5.54 Å². The van der Waals surface area contributed by atoms with Gasteiger partial charge in [0.2, 0.25) is 17.6 Å². The molecule has 3 rings (SSSR count). The van der Waals surface area contributed by atoms with E-state index in [4.69, 9.17) is 4.52 Å². The summed E-state index contributed by atoms with van der Waals surface area (Å²) >= 11 is 0. The smallest absolute Gasteiger partial charge is 0.226 e. The molecule has 2 N–H and O–H groups in total. The number of hydrogen-bond acceptors (Lipinski definition) is 5. The summed E-state index contributed by atoms with van der Waals surface area (Å²) in [5, 5.41) is 16.3. The van der Waals surface area contributed by atoms with Gasteiger partial charge in [-0.15, -0.1) is 0 Å². The number of carbonyl (C=O) groups excluding carboxylic acids is 1. The van der Waals surface area contributed by atoms with Gasteiger partial charge in [-0.3, -0.25) is 4.79 Å². The zero-order valence-electron chi connectivity index (χ0n) is 14.2. The molecule has 25 heavy (non-hydrogen) atoms. The molecular weight excluding hydrogens is 325 g/mol. The van der Waals surface area contributed by atoms with Crippen LogP contribution in [0.25, 0.3) is 11.4 Å². The highest BCUT2D eigenvalue weighted by molar-refractivity contribution is 5.76. The van der Waals surface area contributed by atoms with Crippen LogP contribution in [0, 0.1) is 11.7 Å². The molecule has 0 radical (unpaired) electrons. The van der Waals surface area contributed by atoms with Crippen LogP contribution >= 0.6 is 0 Å². The standard InChI is InChI=1S/C18H22FN3O3/c1-18(11-23,13-7-8-13)21-15(24)3-2-4-16-20-17(22-25-16)12-5-9-14(19)10-6-12/h5-6,9-10,13,23H,2-4,7-8,11H2,1H3,(H,21,24). The van der Waals surface area contributed by atoms with Crippen LogP contribution in [0.1, 0.15) is 38.5 Å². The number of aliphatic hydroxyl groups is 1. The lowest BCUT2D eigenvalue weighted by molar-refractivity contribution is -0.123. The molecule has 1 heterocycles. The molecule has 0 spiro atoms. The second kappa shape index (κ2) is 7.31. The van der Waals surface area contributed by atoms with Gasteiger partial charge in [0.25, 0.3) is 0 Å². The highest BCUT2D eigenvalue weighted by Crippen LogP contribution is 2.39. The third-order valence-corrected chi connectivity index (χ3v) is 4.60. The van der Waals surface area contributed by atoms with E-state index in [1.54, 1.807) is 12.1 Å². The average molecular weight is 347 g/mol. The maximum atomic E-state index is 12.9. The van der Waals surface area contributed by atoms with Crippen molar-refractivity contribution < 1.29 is 18.8 Å². The second-order valence-corrected chi connectivity index (χ2v) is 6.77. The fraction of sp³-hybridized carbons (Fsp3) is 0.500. The Hall–Kier alpha value is -2.28. The molecule has 7 heteroatoms. The van der Waals surface area contributed by atoms with Gasteiger partial charge in [-0.2, -0.15) is 4.98 Å². The summed E-state index contributed by atoms with van der Waals surface area (Å²) in [6.45, 7) is 1.84. The highest BCUT2D eigenvalue weighted by atomic mass is 19.1. The molecule has 1 fully saturated rings. The summed E-state index contributed by atoms with van der Waals surface area (Å²) < 4.78 is 18.1. The van der Waals surface area contributed by atoms with Crippen molar-refractivity contribution in [2.45, 2.75) is 44.6 Å². The summed E-state index contributed by atoms with van der Waals surface area (Å²) in [6, 6.07) is 5.86. The lowest BCUT2D eigenvalue weighted by Gasteiger charge is -2.28. The first kappa shape index (κ1) is 17.5. The lowest BCUT2D eigenvalue weighted by Crippen LogP contribution is -2.50. The van der Waals surface area contributed by atoms with Crippen LogP contribution in [0.3, 0.4) is 0 Å². The molecule has 6 nitrogen and oxygen atoms in total. The molecule has 1 aromatic carbocycles. The monoisotopic (exact) mass is 347 g/mol. The largest absolute Gasteiger partial charge is 0.394 e. The van der Waals surface area contributed by atoms with Crippen LogP contribution in [-0.2, 0) is 11.2 Å². The SMILES string of the molecule is CC(CO)(NC(=O)CCCc1nc(-c2ccc(F)cc2)no1)C1CC1. The van der Waals surface area contributed by atoms with Crippen molar-refractivity contribution in [2.24, 2.45) is 5.92 Å². The van der Waals surface area contributed by atoms with Gasteiger partial charge < -0.3 is 14.9 Å². The van der Waals surface area contributed by atoms with Crippen molar-refractivity contribution >= 4 is 5.91 Å². The van der Waals surface area contributed by atoms with Crippen LogP contribution in [0.2, 0.25) is 0 Å². The second-order valence-electron chi connectivity index (χ2n) is 6.77. The summed E-state index contributed by atoms with van der Waals surface area (Å²) in [6.07, 6.45) is 3.48. The van der Waals surface area contributed by atoms with E-state index >= 15 is 0 Å². The number of carbonyl (C=O) groups is 1. The zero-order valence-corrected chi connectivity index (χ0v) is 14.2. The maximum absolute atomic E-state index is 12.9. The molecule has 0 aliphatic heterocycles. The van der Waals surface area contributed by atoms with Gasteiger partial charge in [-0.25, -0.2) is 4.39 Å². The average Bonchev–Trinajstić information content (AvgIpc) is 3.36. The first-order valence-corrected chi connectivity index (χ1v) is 8.50. The van der Waals surface area contributed by atoms with E-state index in [0.717, 1.165) is 12.8 Å². The number of hydrogen-bond donors (Lipinski definition) is 2. The Morgan fingerprint density at radius 1 is 1.40 bits per heavy atom. The van der Waals surface area contributed by atoms with E-state index in [-0.39, 0.29) is 18.3 Å². The highest BCUT2D eigenvalue weighted by Gasteiger charge is 2.41. The molecule has 134 valence electrons. The lowest BCUT2D eigenvalue weighted by atomic mass is 9.96. The van der Waals surface area contributed by atoms with Crippen LogP contribution in [-0.4, -0.2) is 33.3 Å². The maximum Gasteiger partial charge on any atom is 0.226 e. The number of halogens is 1. The fourth-order valence-corrected chi connectivity index (χ4v) is 2.84. The molecule has 0 bridgehead atoms. The Morgan fingerprint density at radius 3 is 2.76 bits per heavy atom. The fourth-order valence-electron chi connectivity index (χ4n) is 2.84. The summed E-state index contributed by atoms with van der Waals surface area (Å²) in [5.74, 6) is 0.817. The van der Waals surface area contributed by atoms with E-state index in [1.165, 1.54) is 12.1 Å². The minimum absolute atomic E-state index is 0.0475. The van der Waals surface area contributed by atoms with E-state index in [2.05, 4.69) is 15.5 Å². The van der Waals surface area contributed by atoms with Crippen LogP contribution in [0.5, 0.6) is 0 Å². The number of nitrogens with zero attached hydrogens (tertiary/aromatic N) is 2. The first-order chi connectivity index (χ1) is 12.0. The Kier molecular flexibility index (Phi) is 5.13. The molecule has 0 saturated heterocycles. The zero-order chi connectivity index (χ0) is 17.9. The Labute approximate surface area is 145 Å². The number of amides is 1. The van der Waals surface area contributed by atoms with Crippen molar-refractivity contribution in [3.05, 3.63) is 36.0 Å². The number of aryl methyl sites for hydroxylation is 1. The number of nitrogens with one attached hydrogen (secondary N) is 1. The summed E-state index contributed by atoms with van der Waals surface area (Å²) in [7, 11) is 0. The third kappa shape index (κ3) is 4.42. The Morgan fingerprint density at radius 2 is 2.12 bits per heavy atom. The van der Waals surface area contributed by atoms with Gasteiger partial charge in [0.1, 0.15) is 5.82 Å². The molecular formula is C18H22FN3O3. The van der Waals surface area contributed by atoms with Crippen molar-refractivity contribution in [3.8, 4) is 11.4 Å². The van der Waals surface area contributed by atoms with Crippen molar-refractivity contribution in [1.29, 1.82) is 0 Å². The molecule has 1 saturated carbocycles. The van der Waals surface area contributed by atoms with Gasteiger partial charge in [0, 0.05) is 18.4 Å². The third-order valence-electron chi connectivity index (χ3n) is 4.60. The molecule has 1 atom stereocenters. The summed E-state index contributed by atoms with van der Waals surface area (Å²) in [4.78, 5) is 16.3. The van der Waals surface area contributed by atoms with Crippen LogP contribution < -0.4 is 5.32 Å². The van der Waals surface area contributed by atoms with Gasteiger partial charge in [-0.05, 0) is 56.4 Å². The van der Waals surface area contributed by atoms with Gasteiger partial charge in [0.05, 0.1) is 12.1 Å². The number of benzene rings is 1. The van der Waals surface area contributed by atoms with Crippen molar-refractivity contribution in [2.75, 3.05) is 6.61 Å². The van der Waals surface area contributed by atoms with Crippen LogP contribution in [0.15, 0.2) is 28.8 Å². The number of rotatable bonds is 8.